The Balaban J connectivity index is 2.23. The molecule has 1 aliphatic carbocycles. The van der Waals surface area contributed by atoms with E-state index in [2.05, 4.69) is 15.9 Å². The van der Waals surface area contributed by atoms with Crippen LogP contribution >= 0.6 is 15.9 Å². The van der Waals surface area contributed by atoms with Crippen LogP contribution in [0.3, 0.4) is 0 Å². The molecular weight excluding hydrogens is 312 g/mol. The molecule has 100 valence electrons. The van der Waals surface area contributed by atoms with Gasteiger partial charge in [-0.2, -0.15) is 13.2 Å². The lowest BCUT2D eigenvalue weighted by molar-refractivity contribution is -0.140. The van der Waals surface area contributed by atoms with E-state index in [1.54, 1.807) is 0 Å². The lowest BCUT2D eigenvalue weighted by Gasteiger charge is -2.26. The maximum atomic E-state index is 13.5. The molecule has 0 radical (unpaired) electrons. The predicted octanol–water partition coefficient (Wildman–Crippen LogP) is 5.27. The molecule has 1 aromatic carbocycles. The van der Waals surface area contributed by atoms with E-state index in [0.717, 1.165) is 37.8 Å². The van der Waals surface area contributed by atoms with E-state index < -0.39 is 17.6 Å². The van der Waals surface area contributed by atoms with E-state index in [0.29, 0.717) is 10.4 Å². The van der Waals surface area contributed by atoms with Crippen molar-refractivity contribution in [1.29, 1.82) is 0 Å². The summed E-state index contributed by atoms with van der Waals surface area (Å²) in [5.41, 5.74) is -0.512. The summed E-state index contributed by atoms with van der Waals surface area (Å²) in [6.45, 7) is 0. The Kier molecular flexibility index (Phi) is 3.99. The summed E-state index contributed by atoms with van der Waals surface area (Å²) in [4.78, 5) is 0.376. The number of hydrogen-bond donors (Lipinski definition) is 0. The van der Waals surface area contributed by atoms with Gasteiger partial charge in [-0.15, -0.1) is 0 Å². The van der Waals surface area contributed by atoms with Gasteiger partial charge in [0.15, 0.2) is 0 Å². The molecule has 0 spiro atoms. The Labute approximate surface area is 112 Å². The molecule has 0 N–H and O–H groups in total. The van der Waals surface area contributed by atoms with Crippen LogP contribution < -0.4 is 0 Å². The summed E-state index contributed by atoms with van der Waals surface area (Å²) in [7, 11) is 0. The molecule has 0 aliphatic heterocycles. The van der Waals surface area contributed by atoms with E-state index in [9.17, 15) is 17.6 Å². The Morgan fingerprint density at radius 2 is 1.89 bits per heavy atom. The van der Waals surface area contributed by atoms with Crippen LogP contribution in [0.25, 0.3) is 0 Å². The fourth-order valence-electron chi connectivity index (χ4n) is 2.45. The largest absolute Gasteiger partial charge is 0.419 e. The van der Waals surface area contributed by atoms with Crippen LogP contribution in [0, 0.1) is 5.82 Å². The first-order chi connectivity index (χ1) is 8.38. The maximum absolute atomic E-state index is 13.5. The first kappa shape index (κ1) is 13.8. The molecule has 0 aromatic heterocycles. The molecule has 5 heteroatoms. The third-order valence-electron chi connectivity index (χ3n) is 3.38. The Morgan fingerprint density at radius 1 is 1.17 bits per heavy atom. The van der Waals surface area contributed by atoms with Gasteiger partial charge in [0, 0.05) is 4.83 Å². The summed E-state index contributed by atoms with van der Waals surface area (Å²) in [5, 5.41) is 0. The summed E-state index contributed by atoms with van der Waals surface area (Å²) < 4.78 is 50.8. The quantitative estimate of drug-likeness (QED) is 0.488. The molecular formula is C13H13BrF4. The van der Waals surface area contributed by atoms with Crippen LogP contribution in [0.4, 0.5) is 17.6 Å². The monoisotopic (exact) mass is 324 g/mol. The van der Waals surface area contributed by atoms with Gasteiger partial charge < -0.3 is 0 Å². The average molecular weight is 325 g/mol. The fraction of sp³-hybridized carbons (Fsp3) is 0.538. The van der Waals surface area contributed by atoms with Crippen molar-refractivity contribution in [3.05, 3.63) is 35.1 Å². The average Bonchev–Trinajstić information content (AvgIpc) is 2.27. The molecule has 1 fully saturated rings. The Morgan fingerprint density at radius 3 is 2.44 bits per heavy atom. The van der Waals surface area contributed by atoms with Gasteiger partial charge in [0.1, 0.15) is 5.82 Å². The van der Waals surface area contributed by atoms with Crippen molar-refractivity contribution < 1.29 is 17.6 Å². The molecule has 0 bridgehead atoms. The first-order valence-corrected chi connectivity index (χ1v) is 6.80. The van der Waals surface area contributed by atoms with Crippen molar-refractivity contribution in [2.75, 3.05) is 0 Å². The van der Waals surface area contributed by atoms with Crippen LogP contribution in [0.5, 0.6) is 0 Å². The molecule has 2 rings (SSSR count). The van der Waals surface area contributed by atoms with Crippen molar-refractivity contribution >= 4 is 15.9 Å². The van der Waals surface area contributed by atoms with E-state index in [-0.39, 0.29) is 5.92 Å². The van der Waals surface area contributed by atoms with Crippen molar-refractivity contribution in [2.45, 2.75) is 42.6 Å². The highest BCUT2D eigenvalue weighted by molar-refractivity contribution is 9.09. The lowest BCUT2D eigenvalue weighted by Crippen LogP contribution is -2.15. The number of alkyl halides is 4. The van der Waals surface area contributed by atoms with Gasteiger partial charge in [0.2, 0.25) is 0 Å². The van der Waals surface area contributed by atoms with Crippen molar-refractivity contribution in [1.82, 2.24) is 0 Å². The second kappa shape index (κ2) is 5.19. The normalized spacial score (nSPS) is 25.2. The van der Waals surface area contributed by atoms with Gasteiger partial charge >= 0.3 is 6.18 Å². The van der Waals surface area contributed by atoms with Gasteiger partial charge in [-0.3, -0.25) is 0 Å². The van der Waals surface area contributed by atoms with Crippen LogP contribution in [-0.4, -0.2) is 4.83 Å². The van der Waals surface area contributed by atoms with Crippen LogP contribution in [0.15, 0.2) is 18.2 Å². The topological polar surface area (TPSA) is 0 Å². The minimum Gasteiger partial charge on any atom is -0.206 e. The van der Waals surface area contributed by atoms with E-state index in [4.69, 9.17) is 0 Å². The SMILES string of the molecule is Fc1cc(C2CCCC(Br)C2)ccc1C(F)(F)F. The van der Waals surface area contributed by atoms with Gasteiger partial charge in [0.05, 0.1) is 5.56 Å². The van der Waals surface area contributed by atoms with Crippen molar-refractivity contribution in [3.63, 3.8) is 0 Å². The number of hydrogen-bond acceptors (Lipinski definition) is 0. The molecule has 1 saturated carbocycles. The smallest absolute Gasteiger partial charge is 0.206 e. The molecule has 0 amide bonds. The Bertz CT molecular complexity index is 427. The standard InChI is InChI=1S/C13H13BrF4/c14-10-3-1-2-8(6-10)9-4-5-11(12(15)7-9)13(16,17)18/h4-5,7-8,10H,1-3,6H2. The molecule has 0 heterocycles. The second-order valence-corrected chi connectivity index (χ2v) is 5.99. The van der Waals surface area contributed by atoms with Crippen molar-refractivity contribution in [2.24, 2.45) is 0 Å². The summed E-state index contributed by atoms with van der Waals surface area (Å²) in [6.07, 6.45) is -0.770. The maximum Gasteiger partial charge on any atom is 0.419 e. The predicted molar refractivity (Wildman–Crippen MR) is 65.3 cm³/mol. The van der Waals surface area contributed by atoms with E-state index >= 15 is 0 Å². The van der Waals surface area contributed by atoms with Gasteiger partial charge in [-0.25, -0.2) is 4.39 Å². The van der Waals surface area contributed by atoms with Crippen molar-refractivity contribution in [3.8, 4) is 0 Å². The zero-order valence-electron chi connectivity index (χ0n) is 9.61. The molecule has 0 saturated heterocycles. The highest BCUT2D eigenvalue weighted by Gasteiger charge is 2.34. The zero-order chi connectivity index (χ0) is 13.3. The second-order valence-electron chi connectivity index (χ2n) is 4.70. The highest BCUT2D eigenvalue weighted by Crippen LogP contribution is 2.38. The highest BCUT2D eigenvalue weighted by atomic mass is 79.9. The molecule has 1 aromatic rings. The number of halogens is 5. The van der Waals surface area contributed by atoms with Crippen LogP contribution in [-0.2, 0) is 6.18 Å². The summed E-state index contributed by atoms with van der Waals surface area (Å²) in [6, 6.07) is 3.29. The lowest BCUT2D eigenvalue weighted by atomic mass is 9.84. The molecule has 1 aliphatic rings. The van der Waals surface area contributed by atoms with Gasteiger partial charge in [-0.05, 0) is 42.9 Å². The van der Waals surface area contributed by atoms with Crippen LogP contribution in [0.2, 0.25) is 0 Å². The third kappa shape index (κ3) is 3.05. The van der Waals surface area contributed by atoms with Gasteiger partial charge in [0.25, 0.3) is 0 Å². The minimum absolute atomic E-state index is 0.153. The minimum atomic E-state index is -4.62. The first-order valence-electron chi connectivity index (χ1n) is 5.88. The number of benzene rings is 1. The third-order valence-corrected chi connectivity index (χ3v) is 4.21. The molecule has 2 atom stereocenters. The Hall–Kier alpha value is -0.580. The van der Waals surface area contributed by atoms with Gasteiger partial charge in [-0.1, -0.05) is 28.4 Å². The summed E-state index contributed by atoms with van der Waals surface area (Å²) >= 11 is 3.52. The fourth-order valence-corrected chi connectivity index (χ4v) is 3.22. The summed E-state index contributed by atoms with van der Waals surface area (Å²) in [5.74, 6) is -1.02. The van der Waals surface area contributed by atoms with E-state index in [1.807, 2.05) is 0 Å². The molecule has 2 unspecified atom stereocenters. The zero-order valence-corrected chi connectivity index (χ0v) is 11.2. The molecule has 18 heavy (non-hydrogen) atoms. The van der Waals surface area contributed by atoms with E-state index in [1.165, 1.54) is 6.07 Å². The van der Waals surface area contributed by atoms with Crippen LogP contribution in [0.1, 0.15) is 42.7 Å². The number of rotatable bonds is 1. The molecule has 0 nitrogen and oxygen atoms in total.